The zero-order chi connectivity index (χ0) is 32.3. The molecule has 1 aliphatic carbocycles. The van der Waals surface area contributed by atoms with Crippen LogP contribution in [0.25, 0.3) is 11.6 Å². The maximum absolute atomic E-state index is 12.2. The van der Waals surface area contributed by atoms with E-state index in [1.165, 1.54) is 6.42 Å². The fourth-order valence-electron chi connectivity index (χ4n) is 6.86. The van der Waals surface area contributed by atoms with Gasteiger partial charge in [0.05, 0.1) is 11.3 Å². The molecule has 1 aromatic carbocycles. The number of likely N-dealkylation sites (tertiary alicyclic amines) is 1. The van der Waals surface area contributed by atoms with Crippen LogP contribution in [0, 0.1) is 26.7 Å². The van der Waals surface area contributed by atoms with Gasteiger partial charge in [-0.05, 0) is 120 Å². The van der Waals surface area contributed by atoms with Crippen molar-refractivity contribution >= 4 is 53.2 Å². The Balaban J connectivity index is 0.000000182. The minimum absolute atomic E-state index is 0.0895. The van der Waals surface area contributed by atoms with Gasteiger partial charge in [-0.15, -0.1) is 0 Å². The molecule has 246 valence electrons. The van der Waals surface area contributed by atoms with Crippen molar-refractivity contribution in [2.24, 2.45) is 5.92 Å². The number of aromatic nitrogens is 1. The molecule has 0 radical (unpaired) electrons. The predicted molar refractivity (Wildman–Crippen MR) is 176 cm³/mol. The van der Waals surface area contributed by atoms with Gasteiger partial charge in [-0.25, -0.2) is 4.31 Å². The van der Waals surface area contributed by atoms with Crippen LogP contribution in [0.4, 0.5) is 18.9 Å². The molecule has 2 amide bonds. The molecule has 3 atom stereocenters. The van der Waals surface area contributed by atoms with E-state index in [1.807, 2.05) is 44.9 Å². The SMILES string of the molecule is Cc1cc(C)c(/C=C2\C(=O)Nc3cc(Cl)c(C)cc32)[nH]1.O=CNC1C[C@@H]2C[C@H](C1)N2SCC1CCN(CCCC(F)(F)F)CC1. The number of fused-ring (bicyclic) bond motifs is 3. The van der Waals surface area contributed by atoms with Gasteiger partial charge >= 0.3 is 6.18 Å². The van der Waals surface area contributed by atoms with E-state index >= 15 is 0 Å². The number of nitrogens with zero attached hydrogens (tertiary/aromatic N) is 2. The van der Waals surface area contributed by atoms with Crippen LogP contribution in [0.2, 0.25) is 5.02 Å². The van der Waals surface area contributed by atoms with Crippen LogP contribution in [0.1, 0.15) is 73.0 Å². The minimum Gasteiger partial charge on any atom is -0.359 e. The lowest BCUT2D eigenvalue weighted by molar-refractivity contribution is -0.136. The first kappa shape index (κ1) is 33.9. The number of piperidine rings is 2. The van der Waals surface area contributed by atoms with Gasteiger partial charge in [0, 0.05) is 52.3 Å². The maximum Gasteiger partial charge on any atom is 0.389 e. The highest BCUT2D eigenvalue weighted by Gasteiger charge is 2.45. The number of carbonyl (C=O) groups excluding carboxylic acids is 2. The molecule has 5 heterocycles. The lowest BCUT2D eigenvalue weighted by Crippen LogP contribution is -2.61. The standard InChI is InChI=1S/C17H28F3N3OS.C16H15ClN2O/c18-17(19,20)4-1-5-22-6-2-13(3-7-22)11-25-23-15-8-14(21-12-24)9-16(23)10-15;1-8-5-11-12(6-14-9(2)4-10(3)18-14)16(20)19-15(11)7-13(8)17/h12-16H,1-11H2,(H,21,24);4-7,18H,1-3H3,(H,19,20)/b;12-6-/t14?,15-,16+;. The van der Waals surface area contributed by atoms with Crippen LogP contribution in [0.3, 0.4) is 0 Å². The second-order valence-electron chi connectivity index (χ2n) is 12.9. The number of hydrogen-bond acceptors (Lipinski definition) is 5. The summed E-state index contributed by atoms with van der Waals surface area (Å²) in [4.78, 5) is 28.1. The Morgan fingerprint density at radius 3 is 2.40 bits per heavy atom. The highest BCUT2D eigenvalue weighted by Crippen LogP contribution is 2.44. The highest BCUT2D eigenvalue weighted by molar-refractivity contribution is 7.97. The first-order valence-corrected chi connectivity index (χ1v) is 17.1. The van der Waals surface area contributed by atoms with E-state index in [9.17, 15) is 22.8 Å². The zero-order valence-corrected chi connectivity index (χ0v) is 27.7. The lowest BCUT2D eigenvalue weighted by atomic mass is 9.79. The third kappa shape index (κ3) is 8.67. The number of halogens is 4. The number of aromatic amines is 1. The number of nitrogens with one attached hydrogen (secondary N) is 3. The minimum atomic E-state index is -4.02. The molecule has 4 aliphatic heterocycles. The second-order valence-corrected chi connectivity index (χ2v) is 14.3. The van der Waals surface area contributed by atoms with Gasteiger partial charge in [0.25, 0.3) is 5.91 Å². The van der Waals surface area contributed by atoms with E-state index in [4.69, 9.17) is 11.6 Å². The van der Waals surface area contributed by atoms with Gasteiger partial charge in [-0.2, -0.15) is 13.2 Å². The van der Waals surface area contributed by atoms with Crippen LogP contribution < -0.4 is 10.6 Å². The summed E-state index contributed by atoms with van der Waals surface area (Å²) in [5.74, 6) is 1.71. The van der Waals surface area contributed by atoms with E-state index < -0.39 is 12.6 Å². The number of hydrogen-bond donors (Lipinski definition) is 3. The van der Waals surface area contributed by atoms with Crippen molar-refractivity contribution in [3.63, 3.8) is 0 Å². The topological polar surface area (TPSA) is 80.5 Å². The van der Waals surface area contributed by atoms with Gasteiger partial charge < -0.3 is 20.5 Å². The number of alkyl halides is 3. The summed E-state index contributed by atoms with van der Waals surface area (Å²) in [5.41, 5.74) is 6.49. The van der Waals surface area contributed by atoms with Crippen molar-refractivity contribution in [2.75, 3.05) is 30.7 Å². The number of carbonyl (C=O) groups is 2. The average molecular weight is 666 g/mol. The highest BCUT2D eigenvalue weighted by atomic mass is 35.5. The fraction of sp³-hybridized carbons (Fsp3) is 0.576. The van der Waals surface area contributed by atoms with Crippen molar-refractivity contribution < 1.29 is 22.8 Å². The number of benzene rings is 1. The van der Waals surface area contributed by atoms with Crippen molar-refractivity contribution in [3.8, 4) is 0 Å². The van der Waals surface area contributed by atoms with Crippen molar-refractivity contribution in [1.29, 1.82) is 0 Å². The number of amides is 2. The lowest BCUT2D eigenvalue weighted by Gasteiger charge is -2.54. The Labute approximate surface area is 272 Å². The summed E-state index contributed by atoms with van der Waals surface area (Å²) in [6.45, 7) is 8.40. The molecule has 1 saturated carbocycles. The molecular formula is C33H43ClF3N5O2S. The van der Waals surface area contributed by atoms with Gasteiger partial charge in [0.15, 0.2) is 0 Å². The quantitative estimate of drug-likeness (QED) is 0.151. The van der Waals surface area contributed by atoms with Crippen LogP contribution in [0.5, 0.6) is 0 Å². The largest absolute Gasteiger partial charge is 0.389 e. The maximum atomic E-state index is 12.2. The van der Waals surface area contributed by atoms with E-state index in [2.05, 4.69) is 30.9 Å². The first-order chi connectivity index (χ1) is 21.4. The van der Waals surface area contributed by atoms with E-state index in [-0.39, 0.29) is 12.3 Å². The Hall–Kier alpha value is -2.47. The summed E-state index contributed by atoms with van der Waals surface area (Å²) in [6, 6.07) is 7.36. The normalized spacial score (nSPS) is 24.5. The Morgan fingerprint density at radius 1 is 1.07 bits per heavy atom. The summed E-state index contributed by atoms with van der Waals surface area (Å²) in [7, 11) is 0. The monoisotopic (exact) mass is 665 g/mol. The molecule has 3 N–H and O–H groups in total. The summed E-state index contributed by atoms with van der Waals surface area (Å²) in [5, 5.41) is 6.43. The molecule has 2 aromatic rings. The Bertz CT molecular complexity index is 1390. The number of H-pyrrole nitrogens is 1. The molecule has 7 rings (SSSR count). The Kier molecular flexibility index (Phi) is 10.9. The molecule has 12 heteroatoms. The average Bonchev–Trinajstić information content (AvgIpc) is 3.45. The molecule has 0 spiro atoms. The molecule has 1 aromatic heterocycles. The first-order valence-electron chi connectivity index (χ1n) is 15.8. The zero-order valence-electron chi connectivity index (χ0n) is 26.1. The molecule has 1 unspecified atom stereocenters. The molecule has 4 fully saturated rings. The van der Waals surface area contributed by atoms with Gasteiger partial charge in [0.2, 0.25) is 6.41 Å². The Morgan fingerprint density at radius 2 is 1.78 bits per heavy atom. The number of anilines is 1. The smallest absolute Gasteiger partial charge is 0.359 e. The fourth-order valence-corrected chi connectivity index (χ4v) is 8.50. The van der Waals surface area contributed by atoms with E-state index in [1.54, 1.807) is 6.07 Å². The van der Waals surface area contributed by atoms with Crippen LogP contribution in [-0.2, 0) is 9.59 Å². The van der Waals surface area contributed by atoms with Crippen LogP contribution in [-0.4, -0.2) is 76.2 Å². The summed E-state index contributed by atoms with van der Waals surface area (Å²) >= 11 is 8.05. The van der Waals surface area contributed by atoms with Crippen LogP contribution >= 0.6 is 23.5 Å². The van der Waals surface area contributed by atoms with Gasteiger partial charge in [-0.1, -0.05) is 23.5 Å². The van der Waals surface area contributed by atoms with Crippen molar-refractivity contribution in [3.05, 3.63) is 51.3 Å². The molecule has 2 bridgehead atoms. The second kappa shape index (κ2) is 14.5. The molecule has 3 saturated heterocycles. The van der Waals surface area contributed by atoms with Gasteiger partial charge in [0.1, 0.15) is 0 Å². The van der Waals surface area contributed by atoms with E-state index in [0.717, 1.165) is 84.7 Å². The summed E-state index contributed by atoms with van der Waals surface area (Å²) < 4.78 is 39.1. The predicted octanol–water partition coefficient (Wildman–Crippen LogP) is 7.13. The molecular weight excluding hydrogens is 623 g/mol. The number of rotatable bonds is 9. The third-order valence-electron chi connectivity index (χ3n) is 9.34. The molecule has 45 heavy (non-hydrogen) atoms. The number of aryl methyl sites for hydroxylation is 3. The molecule has 7 nitrogen and oxygen atoms in total. The van der Waals surface area contributed by atoms with Gasteiger partial charge in [-0.3, -0.25) is 9.59 Å². The molecule has 5 aliphatic rings. The van der Waals surface area contributed by atoms with E-state index in [0.29, 0.717) is 41.2 Å². The van der Waals surface area contributed by atoms with Crippen LogP contribution in [0.15, 0.2) is 18.2 Å². The summed E-state index contributed by atoms with van der Waals surface area (Å²) in [6.07, 6.45) is 3.80. The van der Waals surface area contributed by atoms with Crippen molar-refractivity contribution in [1.82, 2.24) is 19.5 Å². The van der Waals surface area contributed by atoms with Crippen molar-refractivity contribution in [2.45, 2.75) is 90.0 Å². The third-order valence-corrected chi connectivity index (χ3v) is 11.3.